The SMILES string of the molecule is CNCc1cn(CCN2CCC3CCCCC32)nn1. The number of likely N-dealkylation sites (tertiary alicyclic amines) is 1. The molecule has 5 nitrogen and oxygen atoms in total. The van der Waals surface area contributed by atoms with E-state index in [9.17, 15) is 0 Å². The zero-order chi connectivity index (χ0) is 13.1. The van der Waals surface area contributed by atoms with E-state index < -0.39 is 0 Å². The first-order valence-electron chi connectivity index (χ1n) is 7.64. The minimum absolute atomic E-state index is 0.800. The van der Waals surface area contributed by atoms with Crippen LogP contribution in [-0.4, -0.2) is 46.1 Å². The van der Waals surface area contributed by atoms with Gasteiger partial charge in [0.15, 0.2) is 0 Å². The van der Waals surface area contributed by atoms with E-state index in [0.29, 0.717) is 0 Å². The molecule has 0 amide bonds. The normalized spacial score (nSPS) is 27.6. The van der Waals surface area contributed by atoms with Gasteiger partial charge >= 0.3 is 0 Å². The van der Waals surface area contributed by atoms with Crippen LogP contribution in [0.4, 0.5) is 0 Å². The summed E-state index contributed by atoms with van der Waals surface area (Å²) in [4.78, 5) is 2.68. The molecule has 1 N–H and O–H groups in total. The van der Waals surface area contributed by atoms with Crippen molar-refractivity contribution in [3.05, 3.63) is 11.9 Å². The van der Waals surface area contributed by atoms with Crippen molar-refractivity contribution in [2.24, 2.45) is 5.92 Å². The first-order valence-corrected chi connectivity index (χ1v) is 7.64. The van der Waals surface area contributed by atoms with Crippen molar-refractivity contribution in [3.63, 3.8) is 0 Å². The molecule has 1 saturated carbocycles. The van der Waals surface area contributed by atoms with Crippen LogP contribution in [0.5, 0.6) is 0 Å². The molecule has 2 unspecified atom stereocenters. The third-order valence-corrected chi connectivity index (χ3v) is 4.69. The number of hydrogen-bond donors (Lipinski definition) is 1. The summed E-state index contributed by atoms with van der Waals surface area (Å²) < 4.78 is 1.99. The summed E-state index contributed by atoms with van der Waals surface area (Å²) in [6.45, 7) is 4.19. The molecule has 5 heteroatoms. The first kappa shape index (κ1) is 13.1. The zero-order valence-corrected chi connectivity index (χ0v) is 11.9. The Morgan fingerprint density at radius 3 is 3.05 bits per heavy atom. The maximum absolute atomic E-state index is 4.20. The maximum atomic E-state index is 4.20. The Balaban J connectivity index is 1.51. The molecule has 1 saturated heterocycles. The number of aromatic nitrogens is 3. The first-order chi connectivity index (χ1) is 9.36. The van der Waals surface area contributed by atoms with Crippen LogP contribution in [0.1, 0.15) is 37.8 Å². The lowest BCUT2D eigenvalue weighted by atomic mass is 9.85. The van der Waals surface area contributed by atoms with Gasteiger partial charge in [0, 0.05) is 25.3 Å². The standard InChI is InChI=1S/C14H25N5/c1-15-10-13-11-19(17-16-13)9-8-18-7-6-12-4-2-3-5-14(12)18/h11-12,14-15H,2-10H2,1H3. The highest BCUT2D eigenvalue weighted by atomic mass is 15.4. The Morgan fingerprint density at radius 2 is 2.16 bits per heavy atom. The van der Waals surface area contributed by atoms with Crippen molar-refractivity contribution in [1.29, 1.82) is 0 Å². The summed E-state index contributed by atoms with van der Waals surface area (Å²) in [7, 11) is 1.94. The lowest BCUT2D eigenvalue weighted by molar-refractivity contribution is 0.175. The van der Waals surface area contributed by atoms with E-state index in [2.05, 4.69) is 26.7 Å². The van der Waals surface area contributed by atoms with E-state index in [-0.39, 0.29) is 0 Å². The van der Waals surface area contributed by atoms with Crippen LogP contribution in [0.25, 0.3) is 0 Å². The van der Waals surface area contributed by atoms with Crippen molar-refractivity contribution in [1.82, 2.24) is 25.2 Å². The Bertz CT molecular complexity index is 402. The zero-order valence-electron chi connectivity index (χ0n) is 11.9. The van der Waals surface area contributed by atoms with Gasteiger partial charge in [-0.15, -0.1) is 5.10 Å². The number of hydrogen-bond acceptors (Lipinski definition) is 4. The van der Waals surface area contributed by atoms with E-state index in [1.807, 2.05) is 11.7 Å². The molecule has 106 valence electrons. The second-order valence-corrected chi connectivity index (χ2v) is 5.94. The van der Waals surface area contributed by atoms with Gasteiger partial charge in [-0.25, -0.2) is 0 Å². The van der Waals surface area contributed by atoms with Gasteiger partial charge in [-0.3, -0.25) is 9.58 Å². The van der Waals surface area contributed by atoms with Crippen LogP contribution >= 0.6 is 0 Å². The average Bonchev–Trinajstić information content (AvgIpc) is 3.04. The largest absolute Gasteiger partial charge is 0.314 e. The fraction of sp³-hybridized carbons (Fsp3) is 0.857. The van der Waals surface area contributed by atoms with E-state index in [0.717, 1.165) is 37.3 Å². The summed E-state index contributed by atoms with van der Waals surface area (Å²) in [6, 6.07) is 0.856. The summed E-state index contributed by atoms with van der Waals surface area (Å²) >= 11 is 0. The smallest absolute Gasteiger partial charge is 0.0964 e. The third-order valence-electron chi connectivity index (χ3n) is 4.69. The average molecular weight is 263 g/mol. The molecule has 2 heterocycles. The molecule has 1 aromatic rings. The molecule has 1 aromatic heterocycles. The second kappa shape index (κ2) is 6.01. The predicted octanol–water partition coefficient (Wildman–Crippen LogP) is 1.26. The minimum atomic E-state index is 0.800. The van der Waals surface area contributed by atoms with Crippen LogP contribution in [0.15, 0.2) is 6.20 Å². The summed E-state index contributed by atoms with van der Waals surface area (Å²) in [5.74, 6) is 0.976. The van der Waals surface area contributed by atoms with Gasteiger partial charge < -0.3 is 5.32 Å². The molecule has 3 rings (SSSR count). The highest BCUT2D eigenvalue weighted by Crippen LogP contribution is 2.35. The fourth-order valence-corrected chi connectivity index (χ4v) is 3.72. The summed E-state index contributed by atoms with van der Waals surface area (Å²) in [5, 5.41) is 11.5. The van der Waals surface area contributed by atoms with Crippen molar-refractivity contribution < 1.29 is 0 Å². The molecule has 0 aromatic carbocycles. The van der Waals surface area contributed by atoms with Crippen LogP contribution < -0.4 is 5.32 Å². The van der Waals surface area contributed by atoms with Crippen molar-refractivity contribution in [2.45, 2.75) is 51.2 Å². The van der Waals surface area contributed by atoms with Gasteiger partial charge in [-0.2, -0.15) is 0 Å². The van der Waals surface area contributed by atoms with Crippen molar-refractivity contribution in [3.8, 4) is 0 Å². The summed E-state index contributed by atoms with van der Waals surface area (Å²) in [5.41, 5.74) is 1.03. The molecule has 0 radical (unpaired) electrons. The van der Waals surface area contributed by atoms with E-state index >= 15 is 0 Å². The Labute approximate surface area is 115 Å². The molecule has 2 fully saturated rings. The van der Waals surface area contributed by atoms with Gasteiger partial charge in [0.2, 0.25) is 0 Å². The second-order valence-electron chi connectivity index (χ2n) is 5.94. The van der Waals surface area contributed by atoms with Crippen LogP contribution in [0.3, 0.4) is 0 Å². The number of fused-ring (bicyclic) bond motifs is 1. The molecular weight excluding hydrogens is 238 g/mol. The minimum Gasteiger partial charge on any atom is -0.314 e. The Kier molecular flexibility index (Phi) is 4.13. The molecule has 19 heavy (non-hydrogen) atoms. The molecule has 2 atom stereocenters. The van der Waals surface area contributed by atoms with E-state index in [1.165, 1.54) is 38.6 Å². The maximum Gasteiger partial charge on any atom is 0.0964 e. The molecule has 0 bridgehead atoms. The van der Waals surface area contributed by atoms with Gasteiger partial charge in [-0.05, 0) is 38.8 Å². The van der Waals surface area contributed by atoms with E-state index in [1.54, 1.807) is 0 Å². The van der Waals surface area contributed by atoms with Crippen LogP contribution in [0.2, 0.25) is 0 Å². The number of nitrogens with one attached hydrogen (secondary N) is 1. The highest BCUT2D eigenvalue weighted by Gasteiger charge is 2.35. The fourth-order valence-electron chi connectivity index (χ4n) is 3.72. The highest BCUT2D eigenvalue weighted by molar-refractivity contribution is 4.92. The number of rotatable bonds is 5. The van der Waals surface area contributed by atoms with E-state index in [4.69, 9.17) is 0 Å². The lowest BCUT2D eigenvalue weighted by Crippen LogP contribution is -2.36. The summed E-state index contributed by atoms with van der Waals surface area (Å²) in [6.07, 6.45) is 9.21. The Hall–Kier alpha value is -0.940. The number of nitrogens with zero attached hydrogens (tertiary/aromatic N) is 4. The quantitative estimate of drug-likeness (QED) is 0.869. The molecule has 0 spiro atoms. The van der Waals surface area contributed by atoms with Gasteiger partial charge in [0.25, 0.3) is 0 Å². The van der Waals surface area contributed by atoms with Gasteiger partial charge in [-0.1, -0.05) is 18.1 Å². The third kappa shape index (κ3) is 2.98. The van der Waals surface area contributed by atoms with Crippen LogP contribution in [0, 0.1) is 5.92 Å². The van der Waals surface area contributed by atoms with Crippen molar-refractivity contribution in [2.75, 3.05) is 20.1 Å². The predicted molar refractivity (Wildman–Crippen MR) is 74.7 cm³/mol. The monoisotopic (exact) mass is 263 g/mol. The topological polar surface area (TPSA) is 46.0 Å². The van der Waals surface area contributed by atoms with Crippen molar-refractivity contribution >= 4 is 0 Å². The van der Waals surface area contributed by atoms with Crippen LogP contribution in [-0.2, 0) is 13.1 Å². The molecule has 1 aliphatic heterocycles. The molecular formula is C14H25N5. The molecule has 1 aliphatic carbocycles. The van der Waals surface area contributed by atoms with Gasteiger partial charge in [0.05, 0.1) is 12.2 Å². The van der Waals surface area contributed by atoms with Gasteiger partial charge in [0.1, 0.15) is 0 Å². The molecule has 2 aliphatic rings. The lowest BCUT2D eigenvalue weighted by Gasteiger charge is -2.31. The Morgan fingerprint density at radius 1 is 1.26 bits per heavy atom.